The first kappa shape index (κ1) is 10.5. The van der Waals surface area contributed by atoms with Crippen molar-refractivity contribution in [1.82, 2.24) is 0 Å². The molecule has 1 rings (SSSR count). The molecule has 0 saturated carbocycles. The molecule has 0 aliphatic carbocycles. The van der Waals surface area contributed by atoms with E-state index in [4.69, 9.17) is 11.6 Å². The van der Waals surface area contributed by atoms with Gasteiger partial charge in [0.05, 0.1) is 0 Å². The predicted octanol–water partition coefficient (Wildman–Crippen LogP) is 3.82. The highest BCUT2D eigenvalue weighted by molar-refractivity contribution is 6.30. The van der Waals surface area contributed by atoms with Crippen LogP contribution in [0, 0.1) is 17.6 Å². The Balaban J connectivity index is 3.05. The van der Waals surface area contributed by atoms with Crippen molar-refractivity contribution in [2.24, 2.45) is 5.92 Å². The molecule has 0 spiro atoms. The van der Waals surface area contributed by atoms with E-state index in [2.05, 4.69) is 0 Å². The molecule has 0 amide bonds. The topological polar surface area (TPSA) is 0 Å². The molecule has 0 nitrogen and oxygen atoms in total. The quantitative estimate of drug-likeness (QED) is 0.643. The first-order valence-corrected chi connectivity index (χ1v) is 4.52. The molecule has 0 atom stereocenters. The van der Waals surface area contributed by atoms with Crippen LogP contribution in [0.5, 0.6) is 0 Å². The van der Waals surface area contributed by atoms with Crippen molar-refractivity contribution in [1.29, 1.82) is 0 Å². The molecule has 0 aliphatic heterocycles. The fourth-order valence-corrected chi connectivity index (χ4v) is 1.43. The van der Waals surface area contributed by atoms with Gasteiger partial charge in [-0.3, -0.25) is 0 Å². The maximum atomic E-state index is 13.1. The van der Waals surface area contributed by atoms with Crippen LogP contribution in [0.4, 0.5) is 8.78 Å². The van der Waals surface area contributed by atoms with Gasteiger partial charge in [-0.2, -0.15) is 0 Å². The van der Waals surface area contributed by atoms with Crippen LogP contribution < -0.4 is 0 Å². The van der Waals surface area contributed by atoms with Gasteiger partial charge in [0.25, 0.3) is 0 Å². The molecule has 0 aromatic heterocycles. The molecule has 1 aromatic carbocycles. The molecular formula is C10H11ClF2. The summed E-state index contributed by atoms with van der Waals surface area (Å²) in [7, 11) is 0. The molecule has 72 valence electrons. The maximum Gasteiger partial charge on any atom is 0.162 e. The summed E-state index contributed by atoms with van der Waals surface area (Å²) in [6.45, 7) is 3.89. The zero-order valence-electron chi connectivity index (χ0n) is 7.57. The van der Waals surface area contributed by atoms with Crippen LogP contribution in [0.3, 0.4) is 0 Å². The first-order chi connectivity index (χ1) is 6.00. The van der Waals surface area contributed by atoms with E-state index in [1.807, 2.05) is 13.8 Å². The van der Waals surface area contributed by atoms with E-state index in [0.717, 1.165) is 6.07 Å². The van der Waals surface area contributed by atoms with Crippen molar-refractivity contribution in [3.05, 3.63) is 34.4 Å². The minimum Gasteiger partial charge on any atom is -0.204 e. The highest BCUT2D eigenvalue weighted by Gasteiger charge is 2.10. The third kappa shape index (κ3) is 2.66. The smallest absolute Gasteiger partial charge is 0.162 e. The van der Waals surface area contributed by atoms with Crippen LogP contribution in [-0.4, -0.2) is 0 Å². The lowest BCUT2D eigenvalue weighted by atomic mass is 10.0. The van der Waals surface area contributed by atoms with Gasteiger partial charge >= 0.3 is 0 Å². The number of halogens is 3. The van der Waals surface area contributed by atoms with Gasteiger partial charge in [0.1, 0.15) is 0 Å². The number of rotatable bonds is 2. The molecule has 0 saturated heterocycles. The van der Waals surface area contributed by atoms with Crippen LogP contribution >= 0.6 is 11.6 Å². The molecule has 0 unspecified atom stereocenters. The van der Waals surface area contributed by atoms with Gasteiger partial charge < -0.3 is 0 Å². The van der Waals surface area contributed by atoms with Crippen LogP contribution in [-0.2, 0) is 6.42 Å². The molecule has 13 heavy (non-hydrogen) atoms. The summed E-state index contributed by atoms with van der Waals surface area (Å²) in [6.07, 6.45) is 0.503. The Hall–Kier alpha value is -0.630. The zero-order chi connectivity index (χ0) is 10.0. The Morgan fingerprint density at radius 3 is 2.46 bits per heavy atom. The van der Waals surface area contributed by atoms with Gasteiger partial charge in [-0.15, -0.1) is 0 Å². The van der Waals surface area contributed by atoms with Crippen molar-refractivity contribution < 1.29 is 8.78 Å². The molecule has 0 bridgehead atoms. The van der Waals surface area contributed by atoms with Gasteiger partial charge in [0.15, 0.2) is 11.6 Å². The monoisotopic (exact) mass is 204 g/mol. The molecule has 0 aliphatic rings. The molecule has 0 heterocycles. The third-order valence-electron chi connectivity index (χ3n) is 1.70. The van der Waals surface area contributed by atoms with E-state index < -0.39 is 11.6 Å². The highest BCUT2D eigenvalue weighted by Crippen LogP contribution is 2.20. The second-order valence-electron chi connectivity index (χ2n) is 3.46. The molecule has 3 heteroatoms. The van der Waals surface area contributed by atoms with Gasteiger partial charge in [0.2, 0.25) is 0 Å². The average molecular weight is 205 g/mol. The Labute approximate surface area is 81.5 Å². The van der Waals surface area contributed by atoms with E-state index in [-0.39, 0.29) is 10.9 Å². The molecule has 1 aromatic rings. The second kappa shape index (κ2) is 4.05. The minimum atomic E-state index is -0.872. The summed E-state index contributed by atoms with van der Waals surface area (Å²) in [4.78, 5) is 0. The summed E-state index contributed by atoms with van der Waals surface area (Å²) in [6, 6.07) is 2.46. The van der Waals surface area contributed by atoms with E-state index in [1.54, 1.807) is 0 Å². The Morgan fingerprint density at radius 1 is 1.31 bits per heavy atom. The maximum absolute atomic E-state index is 13.1. The van der Waals surface area contributed by atoms with Crippen LogP contribution in [0.1, 0.15) is 19.4 Å². The third-order valence-corrected chi connectivity index (χ3v) is 1.91. The van der Waals surface area contributed by atoms with Crippen LogP contribution in [0.2, 0.25) is 5.02 Å². The SMILES string of the molecule is CC(C)Cc1cc(Cl)cc(F)c1F. The standard InChI is InChI=1S/C10H11ClF2/c1-6(2)3-7-4-8(11)5-9(12)10(7)13/h4-6H,3H2,1-2H3. The lowest BCUT2D eigenvalue weighted by Gasteiger charge is -2.07. The average Bonchev–Trinajstić information content (AvgIpc) is 1.98. The van der Waals surface area contributed by atoms with Crippen molar-refractivity contribution in [3.8, 4) is 0 Å². The lowest BCUT2D eigenvalue weighted by molar-refractivity contribution is 0.489. The highest BCUT2D eigenvalue weighted by atomic mass is 35.5. The van der Waals surface area contributed by atoms with Crippen molar-refractivity contribution in [2.45, 2.75) is 20.3 Å². The Bertz CT molecular complexity index is 308. The lowest BCUT2D eigenvalue weighted by Crippen LogP contribution is -1.99. The predicted molar refractivity (Wildman–Crippen MR) is 49.9 cm³/mol. The van der Waals surface area contributed by atoms with Crippen molar-refractivity contribution in [3.63, 3.8) is 0 Å². The zero-order valence-corrected chi connectivity index (χ0v) is 8.33. The fraction of sp³-hybridized carbons (Fsp3) is 0.400. The molecule has 0 N–H and O–H groups in total. The van der Waals surface area contributed by atoms with Gasteiger partial charge in [0, 0.05) is 5.02 Å². The molecular weight excluding hydrogens is 194 g/mol. The first-order valence-electron chi connectivity index (χ1n) is 4.14. The summed E-state index contributed by atoms with van der Waals surface area (Å²) in [5.41, 5.74) is 0.347. The number of benzene rings is 1. The van der Waals surface area contributed by atoms with Crippen LogP contribution in [0.15, 0.2) is 12.1 Å². The Morgan fingerprint density at radius 2 is 1.92 bits per heavy atom. The summed E-state index contributed by atoms with van der Waals surface area (Å²) in [5, 5.41) is 0.245. The van der Waals surface area contributed by atoms with E-state index in [0.29, 0.717) is 12.0 Å². The largest absolute Gasteiger partial charge is 0.204 e. The van der Waals surface area contributed by atoms with Gasteiger partial charge in [-0.05, 0) is 30.0 Å². The summed E-state index contributed by atoms with van der Waals surface area (Å²) in [5.74, 6) is -1.37. The second-order valence-corrected chi connectivity index (χ2v) is 3.90. The molecule has 0 fully saturated rings. The van der Waals surface area contributed by atoms with Crippen molar-refractivity contribution in [2.75, 3.05) is 0 Å². The summed E-state index contributed by atoms with van der Waals surface area (Å²) < 4.78 is 25.9. The fourth-order valence-electron chi connectivity index (χ4n) is 1.20. The number of hydrogen-bond acceptors (Lipinski definition) is 0. The Kier molecular flexibility index (Phi) is 3.26. The van der Waals surface area contributed by atoms with E-state index >= 15 is 0 Å². The van der Waals surface area contributed by atoms with Crippen LogP contribution in [0.25, 0.3) is 0 Å². The van der Waals surface area contributed by atoms with E-state index in [1.165, 1.54) is 6.07 Å². The number of hydrogen-bond donors (Lipinski definition) is 0. The summed E-state index contributed by atoms with van der Waals surface area (Å²) >= 11 is 5.60. The van der Waals surface area contributed by atoms with Gasteiger partial charge in [-0.25, -0.2) is 8.78 Å². The van der Waals surface area contributed by atoms with Gasteiger partial charge in [-0.1, -0.05) is 25.4 Å². The van der Waals surface area contributed by atoms with Crippen molar-refractivity contribution >= 4 is 11.6 Å². The van der Waals surface area contributed by atoms with E-state index in [9.17, 15) is 8.78 Å². The molecule has 0 radical (unpaired) electrons. The minimum absolute atomic E-state index is 0.245. The normalized spacial score (nSPS) is 10.9.